The lowest BCUT2D eigenvalue weighted by molar-refractivity contribution is 0.112. The lowest BCUT2D eigenvalue weighted by Crippen LogP contribution is -1.99. The first-order valence-corrected chi connectivity index (χ1v) is 6.70. The largest absolute Gasteiger partial charge is 0.342 e. The number of fused-ring (bicyclic) bond motifs is 1. The maximum absolute atomic E-state index is 11.2. The van der Waals surface area contributed by atoms with Crippen LogP contribution in [0.2, 0.25) is 5.15 Å². The van der Waals surface area contributed by atoms with Crippen molar-refractivity contribution in [3.05, 3.63) is 52.4 Å². The van der Waals surface area contributed by atoms with Gasteiger partial charge in [-0.2, -0.15) is 5.10 Å². The molecule has 0 spiro atoms. The second kappa shape index (κ2) is 4.80. The maximum atomic E-state index is 11.2. The van der Waals surface area contributed by atoms with Gasteiger partial charge in [-0.3, -0.25) is 9.48 Å². The summed E-state index contributed by atoms with van der Waals surface area (Å²) in [6.07, 6.45) is 2.75. The van der Waals surface area contributed by atoms with Crippen molar-refractivity contribution in [2.45, 2.75) is 13.5 Å². The number of aryl methyl sites for hydroxylation is 2. The van der Waals surface area contributed by atoms with Crippen LogP contribution >= 0.6 is 11.6 Å². The van der Waals surface area contributed by atoms with Crippen molar-refractivity contribution in [2.75, 3.05) is 0 Å². The first-order valence-electron chi connectivity index (χ1n) is 6.33. The molecule has 20 heavy (non-hydrogen) atoms. The zero-order valence-corrected chi connectivity index (χ0v) is 12.1. The number of nitrogens with zero attached hydrogens (tertiary/aromatic N) is 3. The van der Waals surface area contributed by atoms with E-state index in [4.69, 9.17) is 11.6 Å². The van der Waals surface area contributed by atoms with Crippen LogP contribution < -0.4 is 0 Å². The van der Waals surface area contributed by atoms with Crippen LogP contribution in [0.25, 0.3) is 10.9 Å². The summed E-state index contributed by atoms with van der Waals surface area (Å²) in [5.74, 6) is 0. The molecule has 2 aromatic heterocycles. The Morgan fingerprint density at radius 1 is 1.35 bits per heavy atom. The molecule has 0 aliphatic carbocycles. The van der Waals surface area contributed by atoms with Crippen LogP contribution in [0, 0.1) is 6.92 Å². The smallest absolute Gasteiger partial charge is 0.152 e. The van der Waals surface area contributed by atoms with Gasteiger partial charge in [-0.25, -0.2) is 0 Å². The summed E-state index contributed by atoms with van der Waals surface area (Å²) >= 11 is 6.27. The molecule has 0 bridgehead atoms. The third kappa shape index (κ3) is 1.93. The molecule has 0 saturated carbocycles. The molecule has 5 heteroatoms. The molecule has 0 aliphatic heterocycles. The molecule has 0 radical (unpaired) electrons. The van der Waals surface area contributed by atoms with E-state index in [0.717, 1.165) is 28.4 Å². The third-order valence-corrected chi connectivity index (χ3v) is 4.02. The van der Waals surface area contributed by atoms with Gasteiger partial charge in [0, 0.05) is 35.3 Å². The predicted molar refractivity (Wildman–Crippen MR) is 79.4 cm³/mol. The molecular formula is C15H14ClN3O. The van der Waals surface area contributed by atoms with E-state index in [2.05, 4.69) is 5.10 Å². The van der Waals surface area contributed by atoms with Crippen LogP contribution in [-0.4, -0.2) is 20.6 Å². The van der Waals surface area contributed by atoms with E-state index < -0.39 is 0 Å². The summed E-state index contributed by atoms with van der Waals surface area (Å²) in [6.45, 7) is 2.54. The van der Waals surface area contributed by atoms with Crippen LogP contribution in [-0.2, 0) is 13.6 Å². The number of hydrogen-bond acceptors (Lipinski definition) is 2. The minimum Gasteiger partial charge on any atom is -0.342 e. The van der Waals surface area contributed by atoms with Gasteiger partial charge in [-0.1, -0.05) is 29.8 Å². The Bertz CT molecular complexity index is 801. The van der Waals surface area contributed by atoms with Crippen molar-refractivity contribution in [3.8, 4) is 0 Å². The van der Waals surface area contributed by atoms with E-state index in [1.807, 2.05) is 49.0 Å². The lowest BCUT2D eigenvalue weighted by Gasteiger charge is -2.05. The zero-order valence-electron chi connectivity index (χ0n) is 11.3. The molecule has 0 atom stereocenters. The number of hydrogen-bond donors (Lipinski definition) is 0. The van der Waals surface area contributed by atoms with Crippen LogP contribution in [0.3, 0.4) is 0 Å². The maximum Gasteiger partial charge on any atom is 0.152 e. The highest BCUT2D eigenvalue weighted by Gasteiger charge is 2.14. The van der Waals surface area contributed by atoms with E-state index in [0.29, 0.717) is 17.3 Å². The summed E-state index contributed by atoms with van der Waals surface area (Å²) in [6, 6.07) is 7.85. The fourth-order valence-electron chi connectivity index (χ4n) is 2.52. The van der Waals surface area contributed by atoms with E-state index in [-0.39, 0.29) is 0 Å². The highest BCUT2D eigenvalue weighted by Crippen LogP contribution is 2.25. The molecule has 2 heterocycles. The molecule has 0 aliphatic rings. The Balaban J connectivity index is 2.13. The topological polar surface area (TPSA) is 39.8 Å². The molecule has 0 fully saturated rings. The van der Waals surface area contributed by atoms with Gasteiger partial charge in [0.25, 0.3) is 0 Å². The fourth-order valence-corrected chi connectivity index (χ4v) is 2.76. The van der Waals surface area contributed by atoms with Gasteiger partial charge in [0.1, 0.15) is 5.15 Å². The number of para-hydroxylation sites is 1. The van der Waals surface area contributed by atoms with Crippen molar-refractivity contribution >= 4 is 28.8 Å². The quantitative estimate of drug-likeness (QED) is 0.694. The minimum absolute atomic E-state index is 0.604. The number of aldehydes is 1. The number of carbonyl (C=O) groups excluding carboxylic acids is 1. The normalized spacial score (nSPS) is 11.2. The first kappa shape index (κ1) is 12.9. The second-order valence-electron chi connectivity index (χ2n) is 4.83. The third-order valence-electron chi connectivity index (χ3n) is 3.54. The first-order chi connectivity index (χ1) is 9.61. The van der Waals surface area contributed by atoms with Crippen LogP contribution in [0.4, 0.5) is 0 Å². The molecule has 0 N–H and O–H groups in total. The van der Waals surface area contributed by atoms with Crippen molar-refractivity contribution in [3.63, 3.8) is 0 Å². The van der Waals surface area contributed by atoms with Gasteiger partial charge in [-0.05, 0) is 13.0 Å². The molecule has 0 unspecified atom stereocenters. The van der Waals surface area contributed by atoms with Crippen LogP contribution in [0.5, 0.6) is 0 Å². The van der Waals surface area contributed by atoms with Gasteiger partial charge >= 0.3 is 0 Å². The molecule has 4 nitrogen and oxygen atoms in total. The number of carbonyl (C=O) groups is 1. The SMILES string of the molecule is Cc1nn(C)c(Cl)c1Cn1cc(C=O)c2ccccc21. The van der Waals surface area contributed by atoms with Gasteiger partial charge in [0.05, 0.1) is 12.2 Å². The average Bonchev–Trinajstić information content (AvgIpc) is 2.92. The number of aromatic nitrogens is 3. The second-order valence-corrected chi connectivity index (χ2v) is 5.18. The van der Waals surface area contributed by atoms with Crippen molar-refractivity contribution < 1.29 is 4.79 Å². The summed E-state index contributed by atoms with van der Waals surface area (Å²) < 4.78 is 3.70. The summed E-state index contributed by atoms with van der Waals surface area (Å²) in [5.41, 5.74) is 3.60. The Morgan fingerprint density at radius 2 is 2.10 bits per heavy atom. The molecule has 0 amide bonds. The number of benzene rings is 1. The lowest BCUT2D eigenvalue weighted by atomic mass is 10.2. The van der Waals surface area contributed by atoms with Crippen LogP contribution in [0.1, 0.15) is 21.6 Å². The van der Waals surface area contributed by atoms with Crippen molar-refractivity contribution in [1.29, 1.82) is 0 Å². The van der Waals surface area contributed by atoms with Crippen molar-refractivity contribution in [1.82, 2.24) is 14.3 Å². The summed E-state index contributed by atoms with van der Waals surface area (Å²) in [4.78, 5) is 11.2. The average molecular weight is 288 g/mol. The Morgan fingerprint density at radius 3 is 2.75 bits per heavy atom. The van der Waals surface area contributed by atoms with Crippen LogP contribution in [0.15, 0.2) is 30.5 Å². The number of rotatable bonds is 3. The van der Waals surface area contributed by atoms with E-state index in [9.17, 15) is 4.79 Å². The van der Waals surface area contributed by atoms with Gasteiger partial charge < -0.3 is 4.57 Å². The Hall–Kier alpha value is -2.07. The minimum atomic E-state index is 0.604. The number of halogens is 1. The fraction of sp³-hybridized carbons (Fsp3) is 0.200. The highest BCUT2D eigenvalue weighted by atomic mass is 35.5. The van der Waals surface area contributed by atoms with Gasteiger partial charge in [0.15, 0.2) is 6.29 Å². The molecule has 1 aromatic carbocycles. The Labute approximate surface area is 121 Å². The molecule has 3 rings (SSSR count). The van der Waals surface area contributed by atoms with E-state index in [1.54, 1.807) is 4.68 Å². The monoisotopic (exact) mass is 287 g/mol. The Kier molecular flexibility index (Phi) is 3.10. The predicted octanol–water partition coefficient (Wildman–Crippen LogP) is 3.20. The molecular weight excluding hydrogens is 274 g/mol. The summed E-state index contributed by atoms with van der Waals surface area (Å²) in [5, 5.41) is 5.91. The van der Waals surface area contributed by atoms with Gasteiger partial charge in [-0.15, -0.1) is 0 Å². The van der Waals surface area contributed by atoms with E-state index in [1.165, 1.54) is 0 Å². The van der Waals surface area contributed by atoms with Crippen molar-refractivity contribution in [2.24, 2.45) is 7.05 Å². The molecule has 3 aromatic rings. The zero-order chi connectivity index (χ0) is 14.3. The van der Waals surface area contributed by atoms with E-state index >= 15 is 0 Å². The highest BCUT2D eigenvalue weighted by molar-refractivity contribution is 6.30. The molecule has 102 valence electrons. The molecule has 0 saturated heterocycles. The van der Waals surface area contributed by atoms with Gasteiger partial charge in [0.2, 0.25) is 0 Å². The standard InChI is InChI=1S/C15H14ClN3O/c1-10-13(15(16)18(2)17-10)8-19-7-11(9-20)12-5-3-4-6-14(12)19/h3-7,9H,8H2,1-2H3. The summed E-state index contributed by atoms with van der Waals surface area (Å²) in [7, 11) is 1.82.